The van der Waals surface area contributed by atoms with E-state index >= 15 is 0 Å². The zero-order valence-electron chi connectivity index (χ0n) is 16.9. The number of halogens is 3. The third kappa shape index (κ3) is 6.64. The Hall–Kier alpha value is -2.78. The highest BCUT2D eigenvalue weighted by Crippen LogP contribution is 2.30. The summed E-state index contributed by atoms with van der Waals surface area (Å²) in [4.78, 5) is 39.3. The lowest BCUT2D eigenvalue weighted by molar-refractivity contribution is -0.152. The van der Waals surface area contributed by atoms with Gasteiger partial charge in [0.05, 0.1) is 24.6 Å². The average molecular weight is 430 g/mol. The van der Waals surface area contributed by atoms with Gasteiger partial charge in [-0.25, -0.2) is 0 Å². The van der Waals surface area contributed by atoms with Crippen LogP contribution in [0.1, 0.15) is 25.3 Å². The molecule has 0 aliphatic carbocycles. The van der Waals surface area contributed by atoms with E-state index in [0.29, 0.717) is 19.4 Å². The standard InChI is InChI=1S/C20H25F3N2O5/c1-3-29-19(28)14-5-4-10-25(11-14)17(26)12-24(2)18(27)13-30-16-8-6-15(7-9-16)20(21,22)23/h6-9,14H,3-5,10-13H2,1-2H3. The van der Waals surface area contributed by atoms with Gasteiger partial charge in [-0.1, -0.05) is 0 Å². The van der Waals surface area contributed by atoms with Crippen molar-refractivity contribution in [3.63, 3.8) is 0 Å². The Bertz CT molecular complexity index is 752. The second kappa shape index (κ2) is 10.3. The van der Waals surface area contributed by atoms with E-state index in [9.17, 15) is 27.6 Å². The van der Waals surface area contributed by atoms with Crippen molar-refractivity contribution in [2.24, 2.45) is 5.92 Å². The first-order valence-electron chi connectivity index (χ1n) is 9.60. The van der Waals surface area contributed by atoms with E-state index in [0.717, 1.165) is 24.3 Å². The second-order valence-electron chi connectivity index (χ2n) is 6.99. The summed E-state index contributed by atoms with van der Waals surface area (Å²) in [5.41, 5.74) is -0.813. The van der Waals surface area contributed by atoms with Gasteiger partial charge in [0.25, 0.3) is 5.91 Å². The van der Waals surface area contributed by atoms with Crippen LogP contribution in [0.3, 0.4) is 0 Å². The number of amides is 2. The second-order valence-corrected chi connectivity index (χ2v) is 6.99. The maximum Gasteiger partial charge on any atom is 0.416 e. The Balaban J connectivity index is 1.82. The number of hydrogen-bond donors (Lipinski definition) is 0. The summed E-state index contributed by atoms with van der Waals surface area (Å²) < 4.78 is 47.9. The molecule has 1 heterocycles. The van der Waals surface area contributed by atoms with Gasteiger partial charge in [-0.3, -0.25) is 14.4 Å². The van der Waals surface area contributed by atoms with Crippen molar-refractivity contribution in [1.82, 2.24) is 9.80 Å². The van der Waals surface area contributed by atoms with Crippen LogP contribution in [0, 0.1) is 5.92 Å². The molecule has 1 atom stereocenters. The normalized spacial score (nSPS) is 16.7. The van der Waals surface area contributed by atoms with Crippen molar-refractivity contribution in [1.29, 1.82) is 0 Å². The van der Waals surface area contributed by atoms with Crippen molar-refractivity contribution in [3.8, 4) is 5.75 Å². The Morgan fingerprint density at radius 3 is 2.47 bits per heavy atom. The number of rotatable bonds is 7. The van der Waals surface area contributed by atoms with E-state index in [2.05, 4.69) is 0 Å². The molecule has 1 aliphatic rings. The largest absolute Gasteiger partial charge is 0.484 e. The quantitative estimate of drug-likeness (QED) is 0.621. The topological polar surface area (TPSA) is 76.2 Å². The molecule has 166 valence electrons. The van der Waals surface area contributed by atoms with Gasteiger partial charge >= 0.3 is 12.1 Å². The summed E-state index contributed by atoms with van der Waals surface area (Å²) in [6.45, 7) is 2.14. The summed E-state index contributed by atoms with van der Waals surface area (Å²) >= 11 is 0. The SMILES string of the molecule is CCOC(=O)C1CCCN(C(=O)CN(C)C(=O)COc2ccc(C(F)(F)F)cc2)C1. The number of likely N-dealkylation sites (tertiary alicyclic amines) is 1. The number of ether oxygens (including phenoxy) is 2. The fourth-order valence-corrected chi connectivity index (χ4v) is 3.04. The van der Waals surface area contributed by atoms with Gasteiger partial charge in [0.15, 0.2) is 6.61 Å². The number of benzene rings is 1. The number of hydrogen-bond acceptors (Lipinski definition) is 5. The van der Waals surface area contributed by atoms with Crippen LogP contribution in [-0.4, -0.2) is 67.5 Å². The van der Waals surface area contributed by atoms with Crippen LogP contribution in [0.2, 0.25) is 0 Å². The van der Waals surface area contributed by atoms with Crippen LogP contribution in [0.5, 0.6) is 5.75 Å². The number of alkyl halides is 3. The van der Waals surface area contributed by atoms with Crippen LogP contribution >= 0.6 is 0 Å². The van der Waals surface area contributed by atoms with E-state index in [1.807, 2.05) is 0 Å². The van der Waals surface area contributed by atoms with Crippen molar-refractivity contribution >= 4 is 17.8 Å². The van der Waals surface area contributed by atoms with Crippen molar-refractivity contribution < 1.29 is 37.0 Å². The van der Waals surface area contributed by atoms with Crippen molar-refractivity contribution in [2.45, 2.75) is 25.9 Å². The lowest BCUT2D eigenvalue weighted by Gasteiger charge is -2.32. The maximum atomic E-state index is 12.6. The molecule has 1 aliphatic heterocycles. The molecule has 10 heteroatoms. The predicted octanol–water partition coefficient (Wildman–Crippen LogP) is 2.34. The molecule has 0 aromatic heterocycles. The summed E-state index contributed by atoms with van der Waals surface area (Å²) in [7, 11) is 1.43. The Morgan fingerprint density at radius 1 is 1.20 bits per heavy atom. The average Bonchev–Trinajstić information content (AvgIpc) is 2.71. The number of piperidine rings is 1. The van der Waals surface area contributed by atoms with Gasteiger partial charge in [-0.15, -0.1) is 0 Å². The molecule has 0 bridgehead atoms. The minimum absolute atomic E-state index is 0.115. The highest BCUT2D eigenvalue weighted by atomic mass is 19.4. The van der Waals surface area contributed by atoms with Crippen LogP contribution in [0.25, 0.3) is 0 Å². The number of nitrogens with zero attached hydrogens (tertiary/aromatic N) is 2. The van der Waals surface area contributed by atoms with Crippen molar-refractivity contribution in [2.75, 3.05) is 39.9 Å². The van der Waals surface area contributed by atoms with Gasteiger partial charge in [0.1, 0.15) is 5.75 Å². The minimum Gasteiger partial charge on any atom is -0.484 e. The first-order valence-corrected chi connectivity index (χ1v) is 9.60. The van der Waals surface area contributed by atoms with Crippen molar-refractivity contribution in [3.05, 3.63) is 29.8 Å². The molecule has 2 rings (SSSR count). The molecule has 2 amide bonds. The van der Waals surface area contributed by atoms with E-state index in [-0.39, 0.29) is 43.2 Å². The summed E-state index contributed by atoms with van der Waals surface area (Å²) in [6.07, 6.45) is -3.13. The van der Waals surface area contributed by atoms with E-state index in [1.54, 1.807) is 6.92 Å². The summed E-state index contributed by atoms with van der Waals surface area (Å²) in [6, 6.07) is 3.99. The van der Waals surface area contributed by atoms with E-state index in [1.165, 1.54) is 16.8 Å². The van der Waals surface area contributed by atoms with E-state index in [4.69, 9.17) is 9.47 Å². The lowest BCUT2D eigenvalue weighted by Crippen LogP contribution is -2.47. The molecule has 1 saturated heterocycles. The monoisotopic (exact) mass is 430 g/mol. The number of esters is 1. The number of likely N-dealkylation sites (N-methyl/N-ethyl adjacent to an activating group) is 1. The smallest absolute Gasteiger partial charge is 0.416 e. The first kappa shape index (κ1) is 23.5. The van der Waals surface area contributed by atoms with Gasteiger partial charge in [0.2, 0.25) is 5.91 Å². The van der Waals surface area contributed by atoms with Gasteiger partial charge in [0, 0.05) is 20.1 Å². The van der Waals surface area contributed by atoms with E-state index < -0.39 is 24.3 Å². The molecule has 0 spiro atoms. The van der Waals surface area contributed by atoms with Crippen LogP contribution in [0.4, 0.5) is 13.2 Å². The third-order valence-corrected chi connectivity index (χ3v) is 4.74. The molecule has 1 fully saturated rings. The number of carbonyl (C=O) groups is 3. The molecular formula is C20H25F3N2O5. The molecule has 0 saturated carbocycles. The third-order valence-electron chi connectivity index (χ3n) is 4.74. The first-order chi connectivity index (χ1) is 14.1. The van der Waals surface area contributed by atoms with Gasteiger partial charge in [-0.2, -0.15) is 13.2 Å². The molecule has 1 aromatic rings. The zero-order chi connectivity index (χ0) is 22.3. The highest BCUT2D eigenvalue weighted by Gasteiger charge is 2.31. The zero-order valence-corrected chi connectivity index (χ0v) is 16.9. The molecule has 30 heavy (non-hydrogen) atoms. The molecular weight excluding hydrogens is 405 g/mol. The fraction of sp³-hybridized carbons (Fsp3) is 0.550. The molecule has 1 aromatic carbocycles. The Morgan fingerprint density at radius 2 is 1.87 bits per heavy atom. The predicted molar refractivity (Wildman–Crippen MR) is 101 cm³/mol. The molecule has 0 N–H and O–H groups in total. The van der Waals surface area contributed by atoms with Gasteiger partial charge in [-0.05, 0) is 44.0 Å². The maximum absolute atomic E-state index is 12.6. The molecule has 0 radical (unpaired) electrons. The van der Waals surface area contributed by atoms with Crippen LogP contribution < -0.4 is 4.74 Å². The summed E-state index contributed by atoms with van der Waals surface area (Å²) in [5.74, 6) is -1.38. The summed E-state index contributed by atoms with van der Waals surface area (Å²) in [5, 5.41) is 0. The lowest BCUT2D eigenvalue weighted by atomic mass is 9.98. The van der Waals surface area contributed by atoms with Gasteiger partial charge < -0.3 is 19.3 Å². The van der Waals surface area contributed by atoms with Crippen LogP contribution in [0.15, 0.2) is 24.3 Å². The Kier molecular flexibility index (Phi) is 8.08. The van der Waals surface area contributed by atoms with Crippen LogP contribution in [-0.2, 0) is 25.3 Å². The molecule has 1 unspecified atom stereocenters. The minimum atomic E-state index is -4.45. The fourth-order valence-electron chi connectivity index (χ4n) is 3.04. The number of carbonyl (C=O) groups excluding carboxylic acids is 3. The molecule has 7 nitrogen and oxygen atoms in total. The highest BCUT2D eigenvalue weighted by molar-refractivity contribution is 5.85. The Labute approximate surface area is 172 Å².